The van der Waals surface area contributed by atoms with Crippen molar-refractivity contribution in [3.05, 3.63) is 52.8 Å². The van der Waals surface area contributed by atoms with E-state index in [0.717, 1.165) is 36.1 Å². The van der Waals surface area contributed by atoms with Crippen LogP contribution < -0.4 is 10.1 Å². The van der Waals surface area contributed by atoms with Gasteiger partial charge in [-0.25, -0.2) is 8.42 Å². The van der Waals surface area contributed by atoms with Gasteiger partial charge < -0.3 is 10.1 Å². The van der Waals surface area contributed by atoms with Crippen LogP contribution in [0.25, 0.3) is 0 Å². The molecule has 2 heterocycles. The van der Waals surface area contributed by atoms with E-state index in [4.69, 9.17) is 4.74 Å². The Kier molecular flexibility index (Phi) is 6.77. The molecule has 0 aliphatic carbocycles. The number of rotatable bonds is 6. The van der Waals surface area contributed by atoms with Crippen molar-refractivity contribution in [2.45, 2.75) is 57.5 Å². The summed E-state index contributed by atoms with van der Waals surface area (Å²) in [5.41, 5.74) is 2.80. The van der Waals surface area contributed by atoms with Gasteiger partial charge in [0.25, 0.3) is 5.91 Å². The Morgan fingerprint density at radius 2 is 2.07 bits per heavy atom. The lowest BCUT2D eigenvalue weighted by Crippen LogP contribution is -2.42. The molecule has 1 atom stereocenters. The average Bonchev–Trinajstić information content (AvgIpc) is 2.73. The topological polar surface area (TPSA) is 88.6 Å². The molecule has 3 rings (SSSR count). The Balaban J connectivity index is 1.77. The van der Waals surface area contributed by atoms with Gasteiger partial charge in [-0.2, -0.15) is 4.31 Å². The van der Waals surface area contributed by atoms with Gasteiger partial charge in [0, 0.05) is 35.5 Å². The normalized spacial score (nSPS) is 17.5. The van der Waals surface area contributed by atoms with Crippen LogP contribution in [0.4, 0.5) is 0 Å². The molecule has 162 valence electrons. The van der Waals surface area contributed by atoms with Crippen molar-refractivity contribution in [2.24, 2.45) is 0 Å². The third-order valence-corrected chi connectivity index (χ3v) is 7.62. The number of nitrogens with one attached hydrogen (secondary N) is 1. The molecule has 1 fully saturated rings. The summed E-state index contributed by atoms with van der Waals surface area (Å²) in [4.78, 5) is 17.2. The van der Waals surface area contributed by atoms with Crippen molar-refractivity contribution in [1.29, 1.82) is 0 Å². The first-order valence-corrected chi connectivity index (χ1v) is 11.6. The number of ether oxygens (including phenoxy) is 1. The molecule has 7 nitrogen and oxygen atoms in total. The monoisotopic (exact) mass is 431 g/mol. The quantitative estimate of drug-likeness (QED) is 0.759. The number of benzene rings is 1. The lowest BCUT2D eigenvalue weighted by Gasteiger charge is -2.32. The highest BCUT2D eigenvalue weighted by atomic mass is 32.2. The zero-order chi connectivity index (χ0) is 21.9. The fourth-order valence-electron chi connectivity index (χ4n) is 3.88. The summed E-state index contributed by atoms with van der Waals surface area (Å²) in [6, 6.07) is 6.18. The maximum absolute atomic E-state index is 13.1. The van der Waals surface area contributed by atoms with E-state index in [1.807, 2.05) is 20.8 Å². The van der Waals surface area contributed by atoms with Crippen molar-refractivity contribution >= 4 is 15.9 Å². The summed E-state index contributed by atoms with van der Waals surface area (Å²) in [5.74, 6) is 0.400. The number of hydrogen-bond donors (Lipinski definition) is 1. The van der Waals surface area contributed by atoms with Crippen molar-refractivity contribution in [3.63, 3.8) is 0 Å². The van der Waals surface area contributed by atoms with Crippen LogP contribution in [0.3, 0.4) is 0 Å². The molecule has 1 N–H and O–H groups in total. The molecule has 1 aromatic carbocycles. The Bertz CT molecular complexity index is 1040. The molecule has 1 aromatic heterocycles. The molecule has 0 radical (unpaired) electrons. The van der Waals surface area contributed by atoms with Crippen molar-refractivity contribution in [1.82, 2.24) is 14.6 Å². The molecule has 1 saturated heterocycles. The van der Waals surface area contributed by atoms with Crippen molar-refractivity contribution in [3.8, 4) is 5.75 Å². The van der Waals surface area contributed by atoms with E-state index in [1.165, 1.54) is 6.07 Å². The zero-order valence-electron chi connectivity index (χ0n) is 17.9. The summed E-state index contributed by atoms with van der Waals surface area (Å²) < 4.78 is 33.1. The first-order valence-electron chi connectivity index (χ1n) is 10.1. The molecule has 1 amide bonds. The molecule has 0 spiro atoms. The highest BCUT2D eigenvalue weighted by molar-refractivity contribution is 7.89. The minimum Gasteiger partial charge on any atom is -0.496 e. The van der Waals surface area contributed by atoms with E-state index in [0.29, 0.717) is 17.8 Å². The van der Waals surface area contributed by atoms with E-state index in [1.54, 1.807) is 35.8 Å². The van der Waals surface area contributed by atoms with Crippen molar-refractivity contribution < 1.29 is 17.9 Å². The average molecular weight is 432 g/mol. The molecule has 1 aliphatic heterocycles. The Morgan fingerprint density at radius 3 is 2.77 bits per heavy atom. The molecule has 8 heteroatoms. The number of methoxy groups -OCH3 is 1. The number of amides is 1. The maximum atomic E-state index is 13.1. The lowest BCUT2D eigenvalue weighted by molar-refractivity contribution is 0.0950. The number of nitrogens with zero attached hydrogens (tertiary/aromatic N) is 2. The number of carbonyl (C=O) groups excluding carboxylic acids is 1. The summed E-state index contributed by atoms with van der Waals surface area (Å²) in [6.45, 7) is 6.48. The Hall–Kier alpha value is -2.45. The first-order chi connectivity index (χ1) is 14.3. The van der Waals surface area contributed by atoms with Gasteiger partial charge in [0.15, 0.2) is 0 Å². The van der Waals surface area contributed by atoms with Crippen LogP contribution in [0.15, 0.2) is 35.4 Å². The van der Waals surface area contributed by atoms with Gasteiger partial charge in [0.2, 0.25) is 10.0 Å². The molecule has 30 heavy (non-hydrogen) atoms. The van der Waals surface area contributed by atoms with Crippen molar-refractivity contribution in [2.75, 3.05) is 13.7 Å². The molecule has 1 aliphatic rings. The summed E-state index contributed by atoms with van der Waals surface area (Å²) >= 11 is 0. The number of aryl methyl sites for hydroxylation is 1. The van der Waals surface area contributed by atoms with Gasteiger partial charge in [0.1, 0.15) is 5.75 Å². The van der Waals surface area contributed by atoms with Gasteiger partial charge in [0.05, 0.1) is 24.2 Å². The molecule has 2 aromatic rings. The highest BCUT2D eigenvalue weighted by Crippen LogP contribution is 2.26. The fraction of sp³-hybridized carbons (Fsp3) is 0.455. The number of pyridine rings is 1. The Labute approximate surface area is 178 Å². The second-order valence-electron chi connectivity index (χ2n) is 7.72. The smallest absolute Gasteiger partial charge is 0.251 e. The molecule has 0 saturated carbocycles. The van der Waals surface area contributed by atoms with Gasteiger partial charge in [-0.3, -0.25) is 9.78 Å². The zero-order valence-corrected chi connectivity index (χ0v) is 18.8. The Morgan fingerprint density at radius 1 is 1.30 bits per heavy atom. The van der Waals surface area contributed by atoms with Gasteiger partial charge in [-0.1, -0.05) is 12.5 Å². The molecular weight excluding hydrogens is 402 g/mol. The lowest BCUT2D eigenvalue weighted by atomic mass is 10.1. The van der Waals surface area contributed by atoms with Gasteiger partial charge in [-0.15, -0.1) is 0 Å². The first kappa shape index (κ1) is 22.2. The van der Waals surface area contributed by atoms with E-state index < -0.39 is 10.0 Å². The minimum absolute atomic E-state index is 0.0354. The molecule has 0 bridgehead atoms. The third kappa shape index (κ3) is 4.49. The van der Waals surface area contributed by atoms with Gasteiger partial charge in [-0.05, 0) is 51.8 Å². The van der Waals surface area contributed by atoms with Gasteiger partial charge >= 0.3 is 0 Å². The SMILES string of the molecule is COc1c(C)cnc(CNC(=O)c2cccc(S(=O)(=O)N3CCCCC3C)c2)c1C. The summed E-state index contributed by atoms with van der Waals surface area (Å²) in [5, 5.41) is 2.83. The number of carbonyl (C=O) groups is 1. The van der Waals surface area contributed by atoms with Crippen LogP contribution >= 0.6 is 0 Å². The van der Waals surface area contributed by atoms with Crippen LogP contribution in [-0.4, -0.2) is 43.3 Å². The van der Waals surface area contributed by atoms with Crippen LogP contribution in [0.2, 0.25) is 0 Å². The number of piperidine rings is 1. The number of hydrogen-bond acceptors (Lipinski definition) is 5. The van der Waals surface area contributed by atoms with E-state index >= 15 is 0 Å². The third-order valence-electron chi connectivity index (χ3n) is 5.61. The fourth-order valence-corrected chi connectivity index (χ4v) is 5.62. The van der Waals surface area contributed by atoms with Crippen LogP contribution in [-0.2, 0) is 16.6 Å². The molecular formula is C22H29N3O4S. The number of aromatic nitrogens is 1. The van der Waals surface area contributed by atoms with E-state index in [-0.39, 0.29) is 23.4 Å². The second-order valence-corrected chi connectivity index (χ2v) is 9.61. The van der Waals surface area contributed by atoms with Crippen LogP contribution in [0.1, 0.15) is 53.4 Å². The summed E-state index contributed by atoms with van der Waals surface area (Å²) in [6.07, 6.45) is 4.45. The number of sulfonamides is 1. The van der Waals surface area contributed by atoms with Crippen LogP contribution in [0.5, 0.6) is 5.75 Å². The standard InChI is InChI=1S/C22H29N3O4S/c1-15-13-23-20(17(3)21(15)29-4)14-24-22(26)18-9-7-10-19(12-18)30(27,28)25-11-6-5-8-16(25)2/h7,9-10,12-13,16H,5-6,8,11,14H2,1-4H3,(H,24,26). The van der Waals surface area contributed by atoms with E-state index in [2.05, 4.69) is 10.3 Å². The second kappa shape index (κ2) is 9.14. The molecule has 1 unspecified atom stereocenters. The maximum Gasteiger partial charge on any atom is 0.251 e. The minimum atomic E-state index is -3.63. The largest absolute Gasteiger partial charge is 0.496 e. The summed E-state index contributed by atoms with van der Waals surface area (Å²) in [7, 11) is -2.03. The predicted octanol–water partition coefficient (Wildman–Crippen LogP) is 3.20. The van der Waals surface area contributed by atoms with E-state index in [9.17, 15) is 13.2 Å². The highest BCUT2D eigenvalue weighted by Gasteiger charge is 2.31. The van der Waals surface area contributed by atoms with Crippen LogP contribution in [0, 0.1) is 13.8 Å². The predicted molar refractivity (Wildman–Crippen MR) is 115 cm³/mol.